The van der Waals surface area contributed by atoms with Gasteiger partial charge in [0.25, 0.3) is 0 Å². The average Bonchev–Trinajstić information content (AvgIpc) is 3.28. The fraction of sp³-hybridized carbons (Fsp3) is 0.633. The highest BCUT2D eigenvalue weighted by atomic mass is 31.2. The van der Waals surface area contributed by atoms with Gasteiger partial charge in [0.15, 0.2) is 6.10 Å². The smallest absolute Gasteiger partial charge is 0.462 e. The summed E-state index contributed by atoms with van der Waals surface area (Å²) in [5.74, 6) is -1.26. The molecule has 0 amide bonds. The van der Waals surface area contributed by atoms with Crippen molar-refractivity contribution in [3.05, 3.63) is 97.2 Å². The Kier molecular flexibility index (Phi) is 35.8. The number of hydrogen-bond acceptors (Lipinski definition) is 13. The van der Waals surface area contributed by atoms with E-state index in [2.05, 4.69) is 79.8 Å². The van der Waals surface area contributed by atoms with Gasteiger partial charge in [-0.25, -0.2) is 4.57 Å². The summed E-state index contributed by atoms with van der Waals surface area (Å²) in [4.78, 5) is 35.7. The Labute approximate surface area is 382 Å². The highest BCUT2D eigenvalue weighted by Crippen LogP contribution is 2.47. The summed E-state index contributed by atoms with van der Waals surface area (Å²) in [6, 6.07) is 0. The van der Waals surface area contributed by atoms with Gasteiger partial charge in [-0.2, -0.15) is 0 Å². The first-order chi connectivity index (χ1) is 30.9. The molecular weight excluding hydrogens is 843 g/mol. The van der Waals surface area contributed by atoms with Crippen molar-refractivity contribution in [3.63, 3.8) is 0 Å². The van der Waals surface area contributed by atoms with Crippen molar-refractivity contribution in [1.82, 2.24) is 0 Å². The molecule has 1 aliphatic rings. The number of esters is 2. The zero-order chi connectivity index (χ0) is 47.1. The molecule has 3 unspecified atom stereocenters. The third-order valence-electron chi connectivity index (χ3n) is 9.95. The lowest BCUT2D eigenvalue weighted by atomic mass is 9.85. The molecule has 1 saturated carbocycles. The van der Waals surface area contributed by atoms with Crippen LogP contribution in [0.25, 0.3) is 0 Å². The largest absolute Gasteiger partial charge is 0.472 e. The van der Waals surface area contributed by atoms with Gasteiger partial charge < -0.3 is 45.0 Å². The van der Waals surface area contributed by atoms with Crippen LogP contribution in [0.4, 0.5) is 0 Å². The van der Waals surface area contributed by atoms with Crippen LogP contribution in [0.1, 0.15) is 135 Å². The predicted molar refractivity (Wildman–Crippen MR) is 250 cm³/mol. The Morgan fingerprint density at radius 1 is 0.516 bits per heavy atom. The number of ether oxygens (including phenoxy) is 2. The molecule has 0 aromatic heterocycles. The predicted octanol–water partition coefficient (Wildman–Crippen LogP) is 8.03. The van der Waals surface area contributed by atoms with Crippen LogP contribution in [0.3, 0.4) is 0 Å². The fourth-order valence-corrected chi connectivity index (χ4v) is 7.16. The monoisotopic (exact) mass is 923 g/mol. The molecule has 0 radical (unpaired) electrons. The summed E-state index contributed by atoms with van der Waals surface area (Å²) in [7, 11) is -5.16. The van der Waals surface area contributed by atoms with E-state index in [4.69, 9.17) is 23.6 Å². The van der Waals surface area contributed by atoms with E-state index < -0.39 is 75.7 Å². The van der Waals surface area contributed by atoms with Gasteiger partial charge in [0.05, 0.1) is 6.61 Å². The van der Waals surface area contributed by atoms with Crippen LogP contribution < -0.4 is 0 Å². The minimum absolute atomic E-state index is 0.00207. The maximum atomic E-state index is 12.8. The van der Waals surface area contributed by atoms with Crippen LogP contribution in [-0.4, -0.2) is 110 Å². The third kappa shape index (κ3) is 30.8. The molecule has 1 fully saturated rings. The highest BCUT2D eigenvalue weighted by Gasteiger charge is 2.51. The van der Waals surface area contributed by atoms with E-state index in [0.29, 0.717) is 25.7 Å². The number of phosphoric acid groups is 1. The normalized spacial score (nSPS) is 22.4. The van der Waals surface area contributed by atoms with Crippen molar-refractivity contribution in [2.75, 3.05) is 19.8 Å². The Morgan fingerprint density at radius 2 is 0.906 bits per heavy atom. The van der Waals surface area contributed by atoms with E-state index in [-0.39, 0.29) is 19.4 Å². The second-order valence-electron chi connectivity index (χ2n) is 15.6. The fourth-order valence-electron chi connectivity index (χ4n) is 6.19. The maximum Gasteiger partial charge on any atom is 0.472 e. The highest BCUT2D eigenvalue weighted by molar-refractivity contribution is 7.47. The minimum atomic E-state index is -5.16. The van der Waals surface area contributed by atoms with E-state index in [1.54, 1.807) is 0 Å². The Balaban J connectivity index is 2.55. The van der Waals surface area contributed by atoms with Crippen LogP contribution in [0.5, 0.6) is 0 Å². The molecule has 1 rings (SSSR count). The first-order valence-electron chi connectivity index (χ1n) is 23.1. The summed E-state index contributed by atoms with van der Waals surface area (Å²) in [6.07, 6.45) is 36.2. The Hall–Kier alpha value is -3.27. The van der Waals surface area contributed by atoms with E-state index in [9.17, 15) is 44.6 Å². The molecule has 0 aromatic rings. The molecule has 15 heteroatoms. The lowest BCUT2D eigenvalue weighted by Gasteiger charge is -2.41. The Bertz CT molecular complexity index is 1490. The topological polar surface area (TPSA) is 230 Å². The number of allylic oxidation sites excluding steroid dienone is 16. The lowest BCUT2D eigenvalue weighted by molar-refractivity contribution is -0.220. The van der Waals surface area contributed by atoms with Gasteiger partial charge in [0, 0.05) is 19.4 Å². The number of rotatable bonds is 37. The number of carbonyl (C=O) groups excluding carboxylic acids is 2. The number of aliphatic hydroxyl groups is 6. The first-order valence-corrected chi connectivity index (χ1v) is 24.6. The van der Waals surface area contributed by atoms with Crippen LogP contribution in [0, 0.1) is 0 Å². The number of unbranched alkanes of at least 4 members (excludes halogenated alkanes) is 8. The molecule has 0 saturated heterocycles. The third-order valence-corrected chi connectivity index (χ3v) is 10.9. The molecule has 364 valence electrons. The molecule has 0 spiro atoms. The summed E-state index contributed by atoms with van der Waals surface area (Å²) in [5.41, 5.74) is 0. The van der Waals surface area contributed by atoms with Crippen LogP contribution >= 0.6 is 7.82 Å². The van der Waals surface area contributed by atoms with Gasteiger partial charge in [-0.15, -0.1) is 0 Å². The van der Waals surface area contributed by atoms with Crippen LogP contribution in [0.2, 0.25) is 0 Å². The zero-order valence-corrected chi connectivity index (χ0v) is 38.9. The SMILES string of the molecule is CCCCC/C=C\C/C=C\C/C=C\C/C=C\CCCC(=O)O[C@H](COC(=O)CCC/C=C\C/C=C\C/C=C\C/C=C\CCCCCO)COP(=O)(O)OC1[C@H](O)[C@H](O)C(O)[C@H](O)[C@H]1O. The van der Waals surface area contributed by atoms with Gasteiger partial charge in [0.1, 0.15) is 43.2 Å². The van der Waals surface area contributed by atoms with Crippen molar-refractivity contribution in [2.45, 2.75) is 178 Å². The molecule has 14 nitrogen and oxygen atoms in total. The van der Waals surface area contributed by atoms with Gasteiger partial charge in [-0.05, 0) is 96.3 Å². The number of phosphoric ester groups is 1. The molecule has 1 aliphatic carbocycles. The van der Waals surface area contributed by atoms with E-state index >= 15 is 0 Å². The summed E-state index contributed by atoms with van der Waals surface area (Å²) in [5, 5.41) is 58.9. The van der Waals surface area contributed by atoms with Crippen LogP contribution in [0.15, 0.2) is 97.2 Å². The maximum absolute atomic E-state index is 12.8. The molecule has 0 aromatic carbocycles. The van der Waals surface area contributed by atoms with Gasteiger partial charge in [0.2, 0.25) is 0 Å². The lowest BCUT2D eigenvalue weighted by Crippen LogP contribution is -2.64. The molecule has 0 aliphatic heterocycles. The van der Waals surface area contributed by atoms with Gasteiger partial charge >= 0.3 is 19.8 Å². The van der Waals surface area contributed by atoms with Gasteiger partial charge in [-0.3, -0.25) is 18.6 Å². The Morgan fingerprint density at radius 3 is 1.34 bits per heavy atom. The second kappa shape index (κ2) is 38.9. The van der Waals surface area contributed by atoms with Crippen LogP contribution in [-0.2, 0) is 32.7 Å². The van der Waals surface area contributed by atoms with Gasteiger partial charge in [-0.1, -0.05) is 123 Å². The summed E-state index contributed by atoms with van der Waals surface area (Å²) in [6.45, 7) is 1.17. The van der Waals surface area contributed by atoms with Crippen molar-refractivity contribution in [1.29, 1.82) is 0 Å². The number of aliphatic hydroxyl groups excluding tert-OH is 6. The van der Waals surface area contributed by atoms with E-state index in [1.165, 1.54) is 19.3 Å². The molecule has 0 bridgehead atoms. The molecule has 8 atom stereocenters. The van der Waals surface area contributed by atoms with Crippen molar-refractivity contribution in [3.8, 4) is 0 Å². The second-order valence-corrected chi connectivity index (χ2v) is 17.0. The zero-order valence-electron chi connectivity index (χ0n) is 38.0. The quantitative estimate of drug-likeness (QED) is 0.0135. The molecule has 64 heavy (non-hydrogen) atoms. The van der Waals surface area contributed by atoms with E-state index in [1.807, 2.05) is 24.3 Å². The van der Waals surface area contributed by atoms with E-state index in [0.717, 1.165) is 70.6 Å². The number of hydrogen-bond donors (Lipinski definition) is 7. The molecular formula is C49H79O14P. The molecule has 7 N–H and O–H groups in total. The summed E-state index contributed by atoms with van der Waals surface area (Å²) < 4.78 is 33.4. The van der Waals surface area contributed by atoms with Crippen molar-refractivity contribution in [2.24, 2.45) is 0 Å². The van der Waals surface area contributed by atoms with Crippen molar-refractivity contribution < 1.29 is 68.2 Å². The standard InChI is InChI=1S/C49H79O14P/c1-2-3-4-5-6-7-8-9-10-12-16-19-22-25-28-31-34-37-43(52)62-41(40-61-64(58,59)63-49-47(56)45(54)44(53)46(55)48(49)57)39-60-42(51)36-33-30-27-24-21-18-15-13-11-14-17-20-23-26-29-32-35-38-50/h6-7,9-11,14-16,18-20,23-25,27-28,41,44-50,53-57H,2-5,8,12-13,17,21-22,26,29-40H2,1H3,(H,58,59)/b7-6-,10-9-,14-11-,18-15-,19-16-,23-20-,27-24-,28-25-/t41-,44?,45-,46+,47-,48-,49?/m1/s1. The molecule has 0 heterocycles. The average molecular weight is 923 g/mol. The summed E-state index contributed by atoms with van der Waals surface area (Å²) >= 11 is 0. The number of carbonyl (C=O) groups is 2. The minimum Gasteiger partial charge on any atom is -0.462 e. The first kappa shape index (κ1) is 58.7. The van der Waals surface area contributed by atoms with Crippen molar-refractivity contribution >= 4 is 19.8 Å².